The summed E-state index contributed by atoms with van der Waals surface area (Å²) in [6, 6.07) is 19.0. The molecule has 0 spiro atoms. The zero-order valence-electron chi connectivity index (χ0n) is 25.3. The number of hydrogen-bond acceptors (Lipinski definition) is 4. The molecular formula is C34H28F6N4O3. The van der Waals surface area contributed by atoms with Gasteiger partial charge in [0.25, 0.3) is 5.56 Å². The van der Waals surface area contributed by atoms with E-state index < -0.39 is 46.8 Å². The predicted molar refractivity (Wildman–Crippen MR) is 164 cm³/mol. The largest absolute Gasteiger partial charge is 0.495 e. The summed E-state index contributed by atoms with van der Waals surface area (Å²) >= 11 is 0. The van der Waals surface area contributed by atoms with E-state index in [0.29, 0.717) is 34.6 Å². The van der Waals surface area contributed by atoms with E-state index in [2.05, 4.69) is 5.32 Å². The number of hydrogen-bond donors (Lipinski definition) is 1. The number of carbonyl (C=O) groups is 1. The number of anilines is 1. The third-order valence-electron chi connectivity index (χ3n) is 7.51. The van der Waals surface area contributed by atoms with E-state index in [0.717, 1.165) is 5.56 Å². The van der Waals surface area contributed by atoms with Gasteiger partial charge >= 0.3 is 18.4 Å². The zero-order valence-corrected chi connectivity index (χ0v) is 25.3. The lowest BCUT2D eigenvalue weighted by molar-refractivity contribution is -0.143. The summed E-state index contributed by atoms with van der Waals surface area (Å²) < 4.78 is 88.4. The SMILES string of the molecule is COc1ccc(C)cc1-n1c(C(C)N(Cc2ccccc2)C(=O)Nc2cc(C(F)(F)F)cc(C(F)(F)F)c2)nc2ccccc2c1=O. The Morgan fingerprint density at radius 2 is 1.51 bits per heavy atom. The number of para-hydroxylation sites is 1. The molecule has 47 heavy (non-hydrogen) atoms. The van der Waals surface area contributed by atoms with E-state index in [-0.39, 0.29) is 23.8 Å². The molecule has 1 unspecified atom stereocenters. The lowest BCUT2D eigenvalue weighted by atomic mass is 10.1. The van der Waals surface area contributed by atoms with Crippen molar-refractivity contribution in [3.8, 4) is 11.4 Å². The molecule has 0 aliphatic carbocycles. The van der Waals surface area contributed by atoms with Crippen molar-refractivity contribution in [2.75, 3.05) is 12.4 Å². The van der Waals surface area contributed by atoms with E-state index in [1.165, 1.54) is 16.6 Å². The summed E-state index contributed by atoms with van der Waals surface area (Å²) in [4.78, 5) is 33.9. The number of urea groups is 1. The molecule has 1 aromatic heterocycles. The lowest BCUT2D eigenvalue weighted by Gasteiger charge is -2.31. The van der Waals surface area contributed by atoms with Gasteiger partial charge in [-0.2, -0.15) is 26.3 Å². The second kappa shape index (κ2) is 12.8. The van der Waals surface area contributed by atoms with Crippen molar-refractivity contribution < 1.29 is 35.9 Å². The molecule has 5 rings (SSSR count). The van der Waals surface area contributed by atoms with Gasteiger partial charge in [-0.3, -0.25) is 9.36 Å². The minimum atomic E-state index is -5.12. The fourth-order valence-corrected chi connectivity index (χ4v) is 5.16. The number of nitrogens with one attached hydrogen (secondary N) is 1. The van der Waals surface area contributed by atoms with E-state index in [1.54, 1.807) is 79.7 Å². The molecule has 0 aliphatic heterocycles. The van der Waals surface area contributed by atoms with Crippen LogP contribution >= 0.6 is 0 Å². The van der Waals surface area contributed by atoms with Crippen molar-refractivity contribution in [1.29, 1.82) is 0 Å². The van der Waals surface area contributed by atoms with Crippen LogP contribution in [-0.4, -0.2) is 27.6 Å². The van der Waals surface area contributed by atoms with Crippen molar-refractivity contribution in [1.82, 2.24) is 14.5 Å². The number of carbonyl (C=O) groups excluding carboxylic acids is 1. The van der Waals surface area contributed by atoms with Crippen LogP contribution < -0.4 is 15.6 Å². The smallest absolute Gasteiger partial charge is 0.416 e. The van der Waals surface area contributed by atoms with Crippen LogP contribution in [0.2, 0.25) is 0 Å². The number of methoxy groups -OCH3 is 1. The average Bonchev–Trinajstić information content (AvgIpc) is 3.02. The van der Waals surface area contributed by atoms with Crippen LogP contribution in [-0.2, 0) is 18.9 Å². The third-order valence-corrected chi connectivity index (χ3v) is 7.51. The number of benzene rings is 4. The second-order valence-corrected chi connectivity index (χ2v) is 10.8. The Morgan fingerprint density at radius 3 is 2.13 bits per heavy atom. The first-order valence-corrected chi connectivity index (χ1v) is 14.2. The van der Waals surface area contributed by atoms with Crippen LogP contribution in [0.3, 0.4) is 0 Å². The molecular weight excluding hydrogens is 626 g/mol. The molecule has 7 nitrogen and oxygen atoms in total. The van der Waals surface area contributed by atoms with Crippen LogP contribution in [0.4, 0.5) is 36.8 Å². The summed E-state index contributed by atoms with van der Waals surface area (Å²) in [5.74, 6) is 0.398. The van der Waals surface area contributed by atoms with Gasteiger partial charge in [-0.1, -0.05) is 48.5 Å². The lowest BCUT2D eigenvalue weighted by Crippen LogP contribution is -2.39. The maximum absolute atomic E-state index is 14.1. The van der Waals surface area contributed by atoms with Crippen LogP contribution in [0.25, 0.3) is 16.6 Å². The average molecular weight is 655 g/mol. The maximum Gasteiger partial charge on any atom is 0.416 e. The second-order valence-electron chi connectivity index (χ2n) is 10.8. The molecule has 0 saturated carbocycles. The first-order chi connectivity index (χ1) is 22.2. The number of halogens is 6. The Labute approximate surface area is 265 Å². The Bertz CT molecular complexity index is 1960. The van der Waals surface area contributed by atoms with Crippen molar-refractivity contribution >= 4 is 22.6 Å². The van der Waals surface area contributed by atoms with Crippen molar-refractivity contribution in [3.63, 3.8) is 0 Å². The van der Waals surface area contributed by atoms with E-state index in [1.807, 2.05) is 6.92 Å². The van der Waals surface area contributed by atoms with E-state index in [9.17, 15) is 35.9 Å². The number of aromatic nitrogens is 2. The highest BCUT2D eigenvalue weighted by atomic mass is 19.4. The summed E-state index contributed by atoms with van der Waals surface area (Å²) in [7, 11) is 1.43. The highest BCUT2D eigenvalue weighted by Crippen LogP contribution is 2.38. The predicted octanol–water partition coefficient (Wildman–Crippen LogP) is 8.54. The Kier molecular flexibility index (Phi) is 9.01. The molecule has 0 fully saturated rings. The first kappa shape index (κ1) is 33.0. The molecule has 244 valence electrons. The van der Waals surface area contributed by atoms with Gasteiger partial charge in [0, 0.05) is 12.2 Å². The summed E-state index contributed by atoms with van der Waals surface area (Å²) in [5.41, 5.74) is -2.34. The van der Waals surface area contributed by atoms with Crippen molar-refractivity contribution in [2.24, 2.45) is 0 Å². The van der Waals surface area contributed by atoms with Gasteiger partial charge in [-0.05, 0) is 67.4 Å². The summed E-state index contributed by atoms with van der Waals surface area (Å²) in [6.45, 7) is 3.22. The van der Waals surface area contributed by atoms with Gasteiger partial charge in [0.1, 0.15) is 11.6 Å². The van der Waals surface area contributed by atoms with Gasteiger partial charge in [0.2, 0.25) is 0 Å². The Morgan fingerprint density at radius 1 is 0.894 bits per heavy atom. The minimum absolute atomic E-state index is 0.0209. The van der Waals surface area contributed by atoms with Crippen LogP contribution in [0.1, 0.15) is 41.0 Å². The quantitative estimate of drug-likeness (QED) is 0.179. The molecule has 0 saturated heterocycles. The Hall–Kier alpha value is -5.33. The van der Waals surface area contributed by atoms with Crippen molar-refractivity contribution in [3.05, 3.63) is 129 Å². The molecule has 1 heterocycles. The van der Waals surface area contributed by atoms with Gasteiger partial charge in [0.15, 0.2) is 0 Å². The van der Waals surface area contributed by atoms with Crippen LogP contribution in [0, 0.1) is 6.92 Å². The number of amides is 2. The van der Waals surface area contributed by atoms with E-state index >= 15 is 0 Å². The van der Waals surface area contributed by atoms with Crippen LogP contribution in [0.5, 0.6) is 5.75 Å². The summed E-state index contributed by atoms with van der Waals surface area (Å²) in [5, 5.41) is 2.50. The number of nitrogens with zero attached hydrogens (tertiary/aromatic N) is 3. The Balaban J connectivity index is 1.68. The molecule has 0 radical (unpaired) electrons. The molecule has 5 aromatic rings. The topological polar surface area (TPSA) is 76.5 Å². The number of alkyl halides is 6. The van der Waals surface area contributed by atoms with Crippen LogP contribution in [0.15, 0.2) is 95.8 Å². The molecule has 0 aliphatic rings. The maximum atomic E-state index is 14.1. The molecule has 13 heteroatoms. The molecule has 2 amide bonds. The van der Waals surface area contributed by atoms with Gasteiger partial charge in [-0.25, -0.2) is 9.78 Å². The molecule has 1 atom stereocenters. The van der Waals surface area contributed by atoms with Gasteiger partial charge in [-0.15, -0.1) is 0 Å². The molecule has 4 aromatic carbocycles. The number of ether oxygens (including phenoxy) is 1. The number of rotatable bonds is 7. The fraction of sp³-hybridized carbons (Fsp3) is 0.206. The minimum Gasteiger partial charge on any atom is -0.495 e. The fourth-order valence-electron chi connectivity index (χ4n) is 5.16. The summed E-state index contributed by atoms with van der Waals surface area (Å²) in [6.07, 6.45) is -10.2. The zero-order chi connectivity index (χ0) is 34.1. The molecule has 0 bridgehead atoms. The number of fused-ring (bicyclic) bond motifs is 1. The number of aryl methyl sites for hydroxylation is 1. The third kappa shape index (κ3) is 7.08. The standard InChI is InChI=1S/C34H28F6N4O3/c1-20-13-14-29(47-3)28(15-20)44-30(42-27-12-8-7-11-26(27)31(44)45)21(2)43(19-22-9-5-4-6-10-22)32(46)41-25-17-23(33(35,36)37)16-24(18-25)34(38,39)40/h4-18,21H,19H2,1-3H3,(H,41,46). The highest BCUT2D eigenvalue weighted by molar-refractivity contribution is 5.90. The van der Waals surface area contributed by atoms with Gasteiger partial charge < -0.3 is 15.0 Å². The highest BCUT2D eigenvalue weighted by Gasteiger charge is 2.37. The molecule has 1 N–H and O–H groups in total. The normalized spacial score (nSPS) is 12.5. The van der Waals surface area contributed by atoms with Crippen molar-refractivity contribution in [2.45, 2.75) is 38.8 Å². The monoisotopic (exact) mass is 654 g/mol. The van der Waals surface area contributed by atoms with E-state index in [4.69, 9.17) is 9.72 Å². The van der Waals surface area contributed by atoms with Gasteiger partial charge in [0.05, 0.1) is 40.9 Å². The first-order valence-electron chi connectivity index (χ1n) is 14.2.